The monoisotopic (exact) mass is 277 g/mol. The molecule has 0 bridgehead atoms. The van der Waals surface area contributed by atoms with Crippen LogP contribution in [0.2, 0.25) is 0 Å². The maximum atomic E-state index is 12.0. The quantitative estimate of drug-likeness (QED) is 0.853. The largest absolute Gasteiger partial charge is 0.377 e. The molecular formula is C15H23N3O2. The van der Waals surface area contributed by atoms with Gasteiger partial charge in [0.2, 0.25) is 0 Å². The van der Waals surface area contributed by atoms with Gasteiger partial charge < -0.3 is 20.7 Å². The number of likely N-dealkylation sites (tertiary alicyclic amines) is 1. The molecule has 2 rings (SSSR count). The second-order valence-electron chi connectivity index (χ2n) is 4.99. The van der Waals surface area contributed by atoms with Gasteiger partial charge >= 0.3 is 6.03 Å². The van der Waals surface area contributed by atoms with Crippen LogP contribution in [0.25, 0.3) is 0 Å². The van der Waals surface area contributed by atoms with E-state index in [9.17, 15) is 4.79 Å². The summed E-state index contributed by atoms with van der Waals surface area (Å²) in [5, 5.41) is 2.95. The molecule has 0 unspecified atom stereocenters. The van der Waals surface area contributed by atoms with E-state index >= 15 is 0 Å². The molecule has 0 aliphatic carbocycles. The summed E-state index contributed by atoms with van der Waals surface area (Å²) in [5.74, 6) is 0. The lowest BCUT2D eigenvalue weighted by Gasteiger charge is -2.31. The fraction of sp³-hybridized carbons (Fsp3) is 0.533. The molecule has 1 aromatic rings. The third kappa shape index (κ3) is 4.51. The molecule has 0 spiro atoms. The van der Waals surface area contributed by atoms with Crippen LogP contribution in [0.15, 0.2) is 30.3 Å². The SMILES string of the molecule is NCCOC1CCN(C(=O)NCc2ccccc2)CC1. The van der Waals surface area contributed by atoms with Crippen molar-refractivity contribution < 1.29 is 9.53 Å². The summed E-state index contributed by atoms with van der Waals surface area (Å²) in [6.45, 7) is 3.22. The first-order valence-electron chi connectivity index (χ1n) is 7.18. The minimum absolute atomic E-state index is 0.00567. The molecule has 110 valence electrons. The zero-order valence-corrected chi connectivity index (χ0v) is 11.8. The van der Waals surface area contributed by atoms with Crippen molar-refractivity contribution in [2.45, 2.75) is 25.5 Å². The number of hydrogen-bond acceptors (Lipinski definition) is 3. The van der Waals surface area contributed by atoms with Crippen LogP contribution < -0.4 is 11.1 Å². The Morgan fingerprint density at radius 1 is 1.30 bits per heavy atom. The fourth-order valence-electron chi connectivity index (χ4n) is 2.35. The number of rotatable bonds is 5. The van der Waals surface area contributed by atoms with Crippen LogP contribution in [0.3, 0.4) is 0 Å². The number of ether oxygens (including phenoxy) is 1. The van der Waals surface area contributed by atoms with E-state index in [4.69, 9.17) is 10.5 Å². The van der Waals surface area contributed by atoms with Crippen LogP contribution in [0.4, 0.5) is 4.79 Å². The molecule has 5 nitrogen and oxygen atoms in total. The highest BCUT2D eigenvalue weighted by Gasteiger charge is 2.22. The van der Waals surface area contributed by atoms with E-state index in [-0.39, 0.29) is 12.1 Å². The first-order chi connectivity index (χ1) is 9.79. The van der Waals surface area contributed by atoms with Gasteiger partial charge in [0.1, 0.15) is 0 Å². The topological polar surface area (TPSA) is 67.6 Å². The van der Waals surface area contributed by atoms with E-state index in [1.807, 2.05) is 35.2 Å². The molecule has 1 heterocycles. The molecule has 2 amide bonds. The maximum absolute atomic E-state index is 12.0. The Balaban J connectivity index is 1.69. The number of nitrogens with two attached hydrogens (primary N) is 1. The second kappa shape index (κ2) is 7.87. The smallest absolute Gasteiger partial charge is 0.317 e. The number of carbonyl (C=O) groups is 1. The van der Waals surface area contributed by atoms with Crippen molar-refractivity contribution in [3.05, 3.63) is 35.9 Å². The predicted molar refractivity (Wildman–Crippen MR) is 78.3 cm³/mol. The highest BCUT2D eigenvalue weighted by Crippen LogP contribution is 2.13. The van der Waals surface area contributed by atoms with Crippen molar-refractivity contribution in [3.8, 4) is 0 Å². The molecule has 0 atom stereocenters. The van der Waals surface area contributed by atoms with Gasteiger partial charge in [0.15, 0.2) is 0 Å². The van der Waals surface area contributed by atoms with Crippen LogP contribution in [-0.4, -0.2) is 43.3 Å². The third-order valence-electron chi connectivity index (χ3n) is 3.49. The molecule has 5 heteroatoms. The van der Waals surface area contributed by atoms with E-state index in [1.54, 1.807) is 0 Å². The van der Waals surface area contributed by atoms with Crippen molar-refractivity contribution in [2.75, 3.05) is 26.2 Å². The van der Waals surface area contributed by atoms with Crippen LogP contribution in [-0.2, 0) is 11.3 Å². The van der Waals surface area contributed by atoms with Crippen molar-refractivity contribution >= 4 is 6.03 Å². The van der Waals surface area contributed by atoms with Crippen molar-refractivity contribution in [2.24, 2.45) is 5.73 Å². The molecule has 1 aromatic carbocycles. The van der Waals surface area contributed by atoms with Gasteiger partial charge in [-0.25, -0.2) is 4.79 Å². The average molecular weight is 277 g/mol. The molecule has 1 aliphatic heterocycles. The molecule has 3 N–H and O–H groups in total. The summed E-state index contributed by atoms with van der Waals surface area (Å²) >= 11 is 0. The van der Waals surface area contributed by atoms with E-state index in [0.717, 1.165) is 31.5 Å². The van der Waals surface area contributed by atoms with Crippen LogP contribution >= 0.6 is 0 Å². The Morgan fingerprint density at radius 2 is 2.00 bits per heavy atom. The molecular weight excluding hydrogens is 254 g/mol. The molecule has 1 saturated heterocycles. The van der Waals surface area contributed by atoms with Crippen LogP contribution in [0, 0.1) is 0 Å². The predicted octanol–water partition coefficient (Wildman–Crippen LogP) is 1.34. The number of benzene rings is 1. The zero-order valence-electron chi connectivity index (χ0n) is 11.8. The first-order valence-corrected chi connectivity index (χ1v) is 7.18. The summed E-state index contributed by atoms with van der Waals surface area (Å²) in [4.78, 5) is 13.9. The molecule has 1 aliphatic rings. The number of amides is 2. The molecule has 0 radical (unpaired) electrons. The lowest BCUT2D eigenvalue weighted by Crippen LogP contribution is -2.45. The third-order valence-corrected chi connectivity index (χ3v) is 3.49. The lowest BCUT2D eigenvalue weighted by molar-refractivity contribution is 0.0190. The van der Waals surface area contributed by atoms with E-state index in [2.05, 4.69) is 5.32 Å². The Bertz CT molecular complexity index is 403. The Labute approximate surface area is 120 Å². The van der Waals surface area contributed by atoms with Crippen molar-refractivity contribution in [1.82, 2.24) is 10.2 Å². The van der Waals surface area contributed by atoms with Gasteiger partial charge in [-0.15, -0.1) is 0 Å². The molecule has 0 aromatic heterocycles. The summed E-state index contributed by atoms with van der Waals surface area (Å²) in [5.41, 5.74) is 6.53. The molecule has 0 saturated carbocycles. The van der Waals surface area contributed by atoms with Crippen LogP contribution in [0.5, 0.6) is 0 Å². The Kier molecular flexibility index (Phi) is 5.83. The summed E-state index contributed by atoms with van der Waals surface area (Å²) in [6, 6.07) is 9.94. The average Bonchev–Trinajstić information content (AvgIpc) is 2.52. The van der Waals surface area contributed by atoms with Gasteiger partial charge in [0.25, 0.3) is 0 Å². The van der Waals surface area contributed by atoms with Crippen LogP contribution in [0.1, 0.15) is 18.4 Å². The first kappa shape index (κ1) is 14.8. The van der Waals surface area contributed by atoms with E-state index in [0.29, 0.717) is 19.7 Å². The number of piperidine rings is 1. The van der Waals surface area contributed by atoms with Gasteiger partial charge in [-0.05, 0) is 18.4 Å². The minimum atomic E-state index is 0.00567. The Morgan fingerprint density at radius 3 is 2.65 bits per heavy atom. The van der Waals surface area contributed by atoms with Gasteiger partial charge in [0.05, 0.1) is 12.7 Å². The fourth-order valence-corrected chi connectivity index (χ4v) is 2.35. The highest BCUT2D eigenvalue weighted by atomic mass is 16.5. The maximum Gasteiger partial charge on any atom is 0.317 e. The van der Waals surface area contributed by atoms with Crippen molar-refractivity contribution in [1.29, 1.82) is 0 Å². The standard InChI is InChI=1S/C15H23N3O2/c16-8-11-20-14-6-9-18(10-7-14)15(19)17-12-13-4-2-1-3-5-13/h1-5,14H,6-12,16H2,(H,17,19). The molecule has 20 heavy (non-hydrogen) atoms. The lowest BCUT2D eigenvalue weighted by atomic mass is 10.1. The second-order valence-corrected chi connectivity index (χ2v) is 4.99. The summed E-state index contributed by atoms with van der Waals surface area (Å²) < 4.78 is 5.61. The van der Waals surface area contributed by atoms with Gasteiger partial charge in [-0.3, -0.25) is 0 Å². The Hall–Kier alpha value is -1.59. The normalized spacial score (nSPS) is 16.1. The van der Waals surface area contributed by atoms with Gasteiger partial charge in [0, 0.05) is 26.2 Å². The highest BCUT2D eigenvalue weighted by molar-refractivity contribution is 5.74. The number of urea groups is 1. The minimum Gasteiger partial charge on any atom is -0.377 e. The number of hydrogen-bond donors (Lipinski definition) is 2. The summed E-state index contributed by atoms with van der Waals surface area (Å²) in [7, 11) is 0. The van der Waals surface area contributed by atoms with Gasteiger partial charge in [-0.2, -0.15) is 0 Å². The van der Waals surface area contributed by atoms with Crippen molar-refractivity contribution in [3.63, 3.8) is 0 Å². The van der Waals surface area contributed by atoms with E-state index < -0.39 is 0 Å². The van der Waals surface area contributed by atoms with Gasteiger partial charge in [-0.1, -0.05) is 30.3 Å². The molecule has 1 fully saturated rings. The zero-order chi connectivity index (χ0) is 14.2. The number of carbonyl (C=O) groups excluding carboxylic acids is 1. The number of nitrogens with one attached hydrogen (secondary N) is 1. The van der Waals surface area contributed by atoms with E-state index in [1.165, 1.54) is 0 Å². The summed E-state index contributed by atoms with van der Waals surface area (Å²) in [6.07, 6.45) is 2.02. The number of nitrogens with zero attached hydrogens (tertiary/aromatic N) is 1.